The van der Waals surface area contributed by atoms with E-state index in [1.165, 1.54) is 16.7 Å². The first-order valence-electron chi connectivity index (χ1n) is 8.29. The van der Waals surface area contributed by atoms with Gasteiger partial charge in [0.2, 0.25) is 0 Å². The number of aryl methyl sites for hydroxylation is 1. The zero-order chi connectivity index (χ0) is 16.5. The van der Waals surface area contributed by atoms with Gasteiger partial charge in [0.1, 0.15) is 11.6 Å². The second-order valence-corrected chi connectivity index (χ2v) is 6.23. The van der Waals surface area contributed by atoms with Crippen molar-refractivity contribution in [2.24, 2.45) is 0 Å². The van der Waals surface area contributed by atoms with Crippen LogP contribution in [0.1, 0.15) is 22.4 Å². The summed E-state index contributed by atoms with van der Waals surface area (Å²) in [5.41, 5.74) is 6.05. The molecule has 24 heavy (non-hydrogen) atoms. The van der Waals surface area contributed by atoms with E-state index in [-0.39, 0.29) is 0 Å². The number of fused-ring (bicyclic) bond motifs is 1. The number of aromatic nitrogens is 2. The minimum Gasteiger partial charge on any atom is -0.497 e. The first-order chi connectivity index (χ1) is 11.7. The smallest absolute Gasteiger partial charge is 0.133 e. The largest absolute Gasteiger partial charge is 0.497 e. The molecule has 1 N–H and O–H groups in total. The van der Waals surface area contributed by atoms with Crippen molar-refractivity contribution in [3.05, 3.63) is 70.9 Å². The summed E-state index contributed by atoms with van der Waals surface area (Å²) in [5.74, 6) is 2.02. The molecule has 1 aliphatic heterocycles. The number of hydrogen-bond donors (Lipinski definition) is 1. The van der Waals surface area contributed by atoms with E-state index >= 15 is 0 Å². The van der Waals surface area contributed by atoms with Gasteiger partial charge in [-0.1, -0.05) is 29.8 Å². The Balaban J connectivity index is 1.71. The number of anilines is 1. The van der Waals surface area contributed by atoms with Crippen molar-refractivity contribution in [2.45, 2.75) is 19.8 Å². The van der Waals surface area contributed by atoms with Crippen molar-refractivity contribution in [3.63, 3.8) is 0 Å². The fraction of sp³-hybridized carbons (Fsp3) is 0.250. The molecule has 0 spiro atoms. The molecule has 0 unspecified atom stereocenters. The van der Waals surface area contributed by atoms with Gasteiger partial charge >= 0.3 is 0 Å². The molecule has 1 aliphatic rings. The van der Waals surface area contributed by atoms with Gasteiger partial charge in [-0.3, -0.25) is 0 Å². The molecule has 0 aliphatic carbocycles. The predicted octanol–water partition coefficient (Wildman–Crippen LogP) is 3.75. The number of methoxy groups -OCH3 is 1. The Morgan fingerprint density at radius 1 is 1.17 bits per heavy atom. The quantitative estimate of drug-likeness (QED) is 0.796. The maximum absolute atomic E-state index is 5.33. The molecule has 1 aromatic heterocycles. The Labute approximate surface area is 142 Å². The fourth-order valence-electron chi connectivity index (χ4n) is 3.24. The van der Waals surface area contributed by atoms with E-state index in [4.69, 9.17) is 9.84 Å². The maximum Gasteiger partial charge on any atom is 0.133 e. The van der Waals surface area contributed by atoms with E-state index < -0.39 is 0 Å². The number of nitrogens with zero attached hydrogens (tertiary/aromatic N) is 2. The predicted molar refractivity (Wildman–Crippen MR) is 96.3 cm³/mol. The maximum atomic E-state index is 5.33. The highest BCUT2D eigenvalue weighted by atomic mass is 16.5. The van der Waals surface area contributed by atoms with Crippen LogP contribution in [0, 0.1) is 6.92 Å². The first-order valence-corrected chi connectivity index (χ1v) is 8.29. The van der Waals surface area contributed by atoms with Crippen LogP contribution in [0.4, 0.5) is 5.82 Å². The summed E-state index contributed by atoms with van der Waals surface area (Å²) < 4.78 is 7.37. The van der Waals surface area contributed by atoms with Crippen molar-refractivity contribution in [1.82, 2.24) is 9.78 Å². The van der Waals surface area contributed by atoms with Crippen molar-refractivity contribution >= 4 is 5.82 Å². The van der Waals surface area contributed by atoms with Crippen molar-refractivity contribution < 1.29 is 4.74 Å². The highest BCUT2D eigenvalue weighted by molar-refractivity contribution is 5.57. The molecule has 4 rings (SSSR count). The van der Waals surface area contributed by atoms with Gasteiger partial charge < -0.3 is 10.1 Å². The highest BCUT2D eigenvalue weighted by Gasteiger charge is 2.23. The summed E-state index contributed by atoms with van der Waals surface area (Å²) in [4.78, 5) is 0. The molecule has 0 bridgehead atoms. The highest BCUT2D eigenvalue weighted by Crippen LogP contribution is 2.30. The third-order valence-electron chi connectivity index (χ3n) is 4.52. The minimum absolute atomic E-state index is 0.820. The van der Waals surface area contributed by atoms with Crippen LogP contribution in [0.3, 0.4) is 0 Å². The first kappa shape index (κ1) is 14.8. The molecule has 4 heteroatoms. The molecule has 0 amide bonds. The van der Waals surface area contributed by atoms with Gasteiger partial charge in [0, 0.05) is 18.5 Å². The zero-order valence-electron chi connectivity index (χ0n) is 14.0. The van der Waals surface area contributed by atoms with Crippen LogP contribution >= 0.6 is 0 Å². The molecular weight excluding hydrogens is 298 g/mol. The SMILES string of the molecule is COc1cccc(Cc2nn(-c3ccc(C)cc3)c3c2CCN3)c1. The Kier molecular flexibility index (Phi) is 3.73. The molecule has 0 atom stereocenters. The molecule has 2 aromatic carbocycles. The number of rotatable bonds is 4. The van der Waals surface area contributed by atoms with E-state index in [0.717, 1.165) is 42.3 Å². The number of benzene rings is 2. The lowest BCUT2D eigenvalue weighted by molar-refractivity contribution is 0.414. The van der Waals surface area contributed by atoms with Crippen LogP contribution in [0.5, 0.6) is 5.75 Å². The Morgan fingerprint density at radius 2 is 2.00 bits per heavy atom. The van der Waals surface area contributed by atoms with E-state index in [1.54, 1.807) is 7.11 Å². The average Bonchev–Trinajstić information content (AvgIpc) is 3.20. The van der Waals surface area contributed by atoms with E-state index in [9.17, 15) is 0 Å². The average molecular weight is 319 g/mol. The topological polar surface area (TPSA) is 39.1 Å². The molecular formula is C20H21N3O. The van der Waals surface area contributed by atoms with Crippen molar-refractivity contribution in [1.29, 1.82) is 0 Å². The molecule has 0 saturated heterocycles. The molecule has 122 valence electrons. The van der Waals surface area contributed by atoms with Crippen LogP contribution in [0.15, 0.2) is 48.5 Å². The Bertz CT molecular complexity index is 865. The van der Waals surface area contributed by atoms with Crippen LogP contribution < -0.4 is 10.1 Å². The Morgan fingerprint density at radius 3 is 2.79 bits per heavy atom. The standard InChI is InChI=1S/C20H21N3O/c1-14-6-8-16(9-7-14)23-20-18(10-11-21-20)19(22-23)13-15-4-3-5-17(12-15)24-2/h3-9,12,21H,10-11,13H2,1-2H3. The van der Waals surface area contributed by atoms with Crippen molar-refractivity contribution in [3.8, 4) is 11.4 Å². The van der Waals surface area contributed by atoms with Crippen LogP contribution in [-0.4, -0.2) is 23.4 Å². The lowest BCUT2D eigenvalue weighted by atomic mass is 10.1. The lowest BCUT2D eigenvalue weighted by Gasteiger charge is -2.07. The third-order valence-corrected chi connectivity index (χ3v) is 4.52. The van der Waals surface area contributed by atoms with Gasteiger partial charge in [0.25, 0.3) is 0 Å². The number of hydrogen-bond acceptors (Lipinski definition) is 3. The van der Waals surface area contributed by atoms with Gasteiger partial charge in [0.05, 0.1) is 18.5 Å². The van der Waals surface area contributed by atoms with E-state index in [1.807, 2.05) is 16.8 Å². The van der Waals surface area contributed by atoms with Crippen LogP contribution in [-0.2, 0) is 12.8 Å². The number of nitrogens with one attached hydrogen (secondary N) is 1. The molecule has 0 fully saturated rings. The van der Waals surface area contributed by atoms with Gasteiger partial charge in [-0.15, -0.1) is 0 Å². The van der Waals surface area contributed by atoms with E-state index in [0.29, 0.717) is 0 Å². The summed E-state index contributed by atoms with van der Waals surface area (Å²) in [6.45, 7) is 3.08. The summed E-state index contributed by atoms with van der Waals surface area (Å²) in [7, 11) is 1.70. The summed E-state index contributed by atoms with van der Waals surface area (Å²) in [6.07, 6.45) is 1.85. The summed E-state index contributed by atoms with van der Waals surface area (Å²) >= 11 is 0. The molecule has 0 radical (unpaired) electrons. The lowest BCUT2D eigenvalue weighted by Crippen LogP contribution is -2.05. The summed E-state index contributed by atoms with van der Waals surface area (Å²) in [5, 5.41) is 8.38. The van der Waals surface area contributed by atoms with Gasteiger partial charge in [0.15, 0.2) is 0 Å². The van der Waals surface area contributed by atoms with Gasteiger partial charge in [-0.25, -0.2) is 4.68 Å². The second-order valence-electron chi connectivity index (χ2n) is 6.23. The normalized spacial score (nSPS) is 12.8. The van der Waals surface area contributed by atoms with Crippen LogP contribution in [0.2, 0.25) is 0 Å². The van der Waals surface area contributed by atoms with Gasteiger partial charge in [-0.2, -0.15) is 5.10 Å². The molecule has 2 heterocycles. The summed E-state index contributed by atoms with van der Waals surface area (Å²) in [6, 6.07) is 16.7. The number of ether oxygens (including phenoxy) is 1. The molecule has 4 nitrogen and oxygen atoms in total. The zero-order valence-corrected chi connectivity index (χ0v) is 14.0. The van der Waals surface area contributed by atoms with Crippen molar-refractivity contribution in [2.75, 3.05) is 19.0 Å². The second kappa shape index (κ2) is 6.04. The van der Waals surface area contributed by atoms with E-state index in [2.05, 4.69) is 48.6 Å². The Hall–Kier alpha value is -2.75. The van der Waals surface area contributed by atoms with Crippen LogP contribution in [0.25, 0.3) is 5.69 Å². The minimum atomic E-state index is 0.820. The third kappa shape index (κ3) is 2.64. The molecule has 3 aromatic rings. The monoisotopic (exact) mass is 319 g/mol. The molecule has 0 saturated carbocycles. The van der Waals surface area contributed by atoms with Gasteiger partial charge in [-0.05, 0) is 43.2 Å². The fourth-order valence-corrected chi connectivity index (χ4v) is 3.24.